The molecule has 0 spiro atoms. The highest BCUT2D eigenvalue weighted by molar-refractivity contribution is 8.00. The van der Waals surface area contributed by atoms with Gasteiger partial charge in [-0.05, 0) is 56.2 Å². The Morgan fingerprint density at radius 1 is 0.953 bits per heavy atom. The fourth-order valence-electron chi connectivity index (χ4n) is 5.04. The quantitative estimate of drug-likeness (QED) is 0.263. The summed E-state index contributed by atoms with van der Waals surface area (Å²) in [5.41, 5.74) is -0.204. The molecule has 3 aromatic carbocycles. The van der Waals surface area contributed by atoms with Gasteiger partial charge in [-0.25, -0.2) is 4.79 Å². The number of rotatable bonds is 9. The number of ether oxygens (including phenoxy) is 4. The molecule has 226 valence electrons. The molecule has 2 aliphatic rings. The highest BCUT2D eigenvalue weighted by Crippen LogP contribution is 2.44. The third-order valence-electron chi connectivity index (χ3n) is 7.25. The molecule has 9 nitrogen and oxygen atoms in total. The molecule has 5 rings (SSSR count). The van der Waals surface area contributed by atoms with Gasteiger partial charge in [-0.3, -0.25) is 9.59 Å². The van der Waals surface area contributed by atoms with Crippen molar-refractivity contribution in [3.05, 3.63) is 96.1 Å². The van der Waals surface area contributed by atoms with Crippen molar-refractivity contribution in [3.8, 4) is 11.5 Å². The van der Waals surface area contributed by atoms with Crippen molar-refractivity contribution in [2.45, 2.75) is 43.9 Å². The highest BCUT2D eigenvalue weighted by atomic mass is 32.2. The number of benzene rings is 3. The van der Waals surface area contributed by atoms with Crippen molar-refractivity contribution in [1.82, 2.24) is 10.2 Å². The molecule has 3 aromatic rings. The first-order valence-electron chi connectivity index (χ1n) is 14.1. The molecule has 0 aliphatic carbocycles. The number of nitrogens with zero attached hydrogens (tertiary/aromatic N) is 1. The largest absolute Gasteiger partial charge is 0.497 e. The maximum absolute atomic E-state index is 14.2. The predicted molar refractivity (Wildman–Crippen MR) is 163 cm³/mol. The van der Waals surface area contributed by atoms with Gasteiger partial charge in [0, 0.05) is 12.3 Å². The minimum absolute atomic E-state index is 0.0118. The molecule has 2 saturated heterocycles. The predicted octanol–water partition coefficient (Wildman–Crippen LogP) is 5.20. The maximum Gasteiger partial charge on any atom is 0.408 e. The number of hydrogen-bond donors (Lipinski definition) is 1. The number of alkyl carbamates (subject to hydrolysis) is 1. The number of hydrogen-bond acceptors (Lipinski definition) is 8. The van der Waals surface area contributed by atoms with Gasteiger partial charge in [0.1, 0.15) is 40.5 Å². The molecule has 0 aromatic heterocycles. The normalized spacial score (nSPS) is 21.3. The number of carbonyl (C=O) groups is 3. The molecule has 0 radical (unpaired) electrons. The Balaban J connectivity index is 1.38. The van der Waals surface area contributed by atoms with Crippen molar-refractivity contribution in [1.29, 1.82) is 0 Å². The summed E-state index contributed by atoms with van der Waals surface area (Å²) < 4.78 is 23.0. The van der Waals surface area contributed by atoms with Gasteiger partial charge in [0.25, 0.3) is 0 Å². The van der Waals surface area contributed by atoms with Crippen LogP contribution >= 0.6 is 11.8 Å². The summed E-state index contributed by atoms with van der Waals surface area (Å²) in [4.78, 5) is 41.5. The SMILES string of the molecule is COc1ccc(OCC2(C(=O)OC(c3ccccc3)c3ccccc3)CS[C@@H]3C(NC(=O)OC(C)(C)C)C(=O)N3C2)cc1. The molecular weight excluding hydrogens is 568 g/mol. The van der Waals surface area contributed by atoms with E-state index in [9.17, 15) is 14.4 Å². The van der Waals surface area contributed by atoms with Crippen LogP contribution in [0.3, 0.4) is 0 Å². The Morgan fingerprint density at radius 2 is 1.53 bits per heavy atom. The highest BCUT2D eigenvalue weighted by Gasteiger charge is 2.58. The molecule has 3 atom stereocenters. The first kappa shape index (κ1) is 30.3. The summed E-state index contributed by atoms with van der Waals surface area (Å²) in [6.45, 7) is 5.36. The first-order valence-corrected chi connectivity index (χ1v) is 15.1. The summed E-state index contributed by atoms with van der Waals surface area (Å²) in [7, 11) is 1.58. The fourth-order valence-corrected chi connectivity index (χ4v) is 6.56. The van der Waals surface area contributed by atoms with Crippen molar-refractivity contribution in [2.24, 2.45) is 5.41 Å². The van der Waals surface area contributed by atoms with Gasteiger partial charge in [-0.15, -0.1) is 11.8 Å². The van der Waals surface area contributed by atoms with E-state index in [0.29, 0.717) is 17.3 Å². The molecule has 2 amide bonds. The summed E-state index contributed by atoms with van der Waals surface area (Å²) in [5, 5.41) is 2.36. The third-order valence-corrected chi connectivity index (χ3v) is 8.84. The summed E-state index contributed by atoms with van der Waals surface area (Å²) in [6.07, 6.45) is -1.30. The van der Waals surface area contributed by atoms with Gasteiger partial charge in [0.2, 0.25) is 5.91 Å². The second-order valence-corrected chi connectivity index (χ2v) is 12.7. The number of fused-ring (bicyclic) bond motifs is 1. The van der Waals surface area contributed by atoms with Crippen LogP contribution in [0.5, 0.6) is 11.5 Å². The van der Waals surface area contributed by atoms with E-state index in [1.165, 1.54) is 11.8 Å². The minimum atomic E-state index is -1.17. The Bertz CT molecular complexity index is 1390. The smallest absolute Gasteiger partial charge is 0.408 e. The lowest BCUT2D eigenvalue weighted by atomic mass is 9.87. The van der Waals surface area contributed by atoms with E-state index < -0.39 is 35.2 Å². The van der Waals surface area contributed by atoms with E-state index in [1.807, 2.05) is 60.7 Å². The van der Waals surface area contributed by atoms with E-state index in [0.717, 1.165) is 11.1 Å². The van der Waals surface area contributed by atoms with Crippen LogP contribution < -0.4 is 14.8 Å². The number of β-lactam (4-membered cyclic amide) rings is 1. The van der Waals surface area contributed by atoms with Gasteiger partial charge in [-0.2, -0.15) is 0 Å². The average molecular weight is 605 g/mol. The van der Waals surface area contributed by atoms with Gasteiger partial charge in [0.05, 0.1) is 7.11 Å². The number of amides is 2. The monoisotopic (exact) mass is 604 g/mol. The van der Waals surface area contributed by atoms with Crippen LogP contribution in [0.4, 0.5) is 4.79 Å². The topological polar surface area (TPSA) is 103 Å². The van der Waals surface area contributed by atoms with E-state index in [-0.39, 0.29) is 24.4 Å². The number of esters is 1. The summed E-state index contributed by atoms with van der Waals surface area (Å²) >= 11 is 1.41. The van der Waals surface area contributed by atoms with E-state index in [2.05, 4.69) is 5.32 Å². The zero-order valence-electron chi connectivity index (χ0n) is 24.6. The van der Waals surface area contributed by atoms with Crippen LogP contribution in [0.25, 0.3) is 0 Å². The van der Waals surface area contributed by atoms with Gasteiger partial charge in [0.15, 0.2) is 6.10 Å². The van der Waals surface area contributed by atoms with Gasteiger partial charge in [-0.1, -0.05) is 60.7 Å². The molecule has 2 fully saturated rings. The summed E-state index contributed by atoms with van der Waals surface area (Å²) in [5.74, 6) is 0.801. The molecular formula is C33H36N2O7S. The second-order valence-electron chi connectivity index (χ2n) is 11.6. The number of nitrogens with one attached hydrogen (secondary N) is 1. The number of carbonyl (C=O) groups excluding carboxylic acids is 3. The lowest BCUT2D eigenvalue weighted by Crippen LogP contribution is -2.74. The standard InChI is InChI=1S/C33H36N2O7S/c1-32(2,3)42-31(38)34-26-28(36)35-19-33(21-43-29(26)35,20-40-25-17-15-24(39-4)16-18-25)30(37)41-27(22-11-7-5-8-12-22)23-13-9-6-10-14-23/h5-18,26-27,29H,19-21H2,1-4H3,(H,34,38)/t26?,29-,33?/m1/s1. The Labute approximate surface area is 255 Å². The zero-order chi connectivity index (χ0) is 30.6. The average Bonchev–Trinajstić information content (AvgIpc) is 3.01. The molecule has 43 heavy (non-hydrogen) atoms. The molecule has 0 saturated carbocycles. The first-order chi connectivity index (χ1) is 20.6. The molecule has 2 aliphatic heterocycles. The van der Waals surface area contributed by atoms with Crippen molar-refractivity contribution < 1.29 is 33.3 Å². The Morgan fingerprint density at radius 3 is 2.09 bits per heavy atom. The molecule has 2 heterocycles. The van der Waals surface area contributed by atoms with E-state index >= 15 is 0 Å². The van der Waals surface area contributed by atoms with Gasteiger partial charge >= 0.3 is 12.1 Å². The number of thioether (sulfide) groups is 1. The van der Waals surface area contributed by atoms with Crippen molar-refractivity contribution in [3.63, 3.8) is 0 Å². The molecule has 2 unspecified atom stereocenters. The Hall–Kier alpha value is -4.18. The third kappa shape index (κ3) is 6.91. The fraction of sp³-hybridized carbons (Fsp3) is 0.364. The van der Waals surface area contributed by atoms with Crippen LogP contribution in [-0.2, 0) is 19.1 Å². The minimum Gasteiger partial charge on any atom is -0.497 e. The molecule has 10 heteroatoms. The van der Waals surface area contributed by atoms with Crippen LogP contribution in [0.15, 0.2) is 84.9 Å². The van der Waals surface area contributed by atoms with Crippen LogP contribution in [0.2, 0.25) is 0 Å². The van der Waals surface area contributed by atoms with Gasteiger partial charge < -0.3 is 29.2 Å². The second kappa shape index (κ2) is 12.6. The van der Waals surface area contributed by atoms with Crippen LogP contribution in [0, 0.1) is 5.41 Å². The lowest BCUT2D eigenvalue weighted by molar-refractivity contribution is -0.167. The van der Waals surface area contributed by atoms with E-state index in [1.54, 1.807) is 57.0 Å². The van der Waals surface area contributed by atoms with Crippen molar-refractivity contribution >= 4 is 29.7 Å². The van der Waals surface area contributed by atoms with Crippen molar-refractivity contribution in [2.75, 3.05) is 26.0 Å². The molecule has 0 bridgehead atoms. The number of methoxy groups -OCH3 is 1. The summed E-state index contributed by atoms with van der Waals surface area (Å²) in [6, 6.07) is 25.5. The van der Waals surface area contributed by atoms with Crippen LogP contribution in [-0.4, -0.2) is 65.9 Å². The lowest BCUT2D eigenvalue weighted by Gasteiger charge is -2.53. The molecule has 1 N–H and O–H groups in total. The van der Waals surface area contributed by atoms with Crippen LogP contribution in [0.1, 0.15) is 38.0 Å². The zero-order valence-corrected chi connectivity index (χ0v) is 25.5. The maximum atomic E-state index is 14.2. The Kier molecular flexibility index (Phi) is 8.87. The van der Waals surface area contributed by atoms with E-state index in [4.69, 9.17) is 18.9 Å².